The van der Waals surface area contributed by atoms with Crippen LogP contribution in [-0.4, -0.2) is 58.1 Å². The maximum atomic E-state index is 15.1. The van der Waals surface area contributed by atoms with Gasteiger partial charge in [0.25, 0.3) is 0 Å². The van der Waals surface area contributed by atoms with Crippen LogP contribution in [0.1, 0.15) is 138 Å². The SMILES string of the molecule is O=C(O)CCN1CCc2cc(COc3ccc(C4CCCCC4)c(CC4CCCCC4c4ccc(COc5ccc6c(c5)CN(CCC(=O)O)CC6)cc4C(F)(F)F)c3)ccc2C1. The van der Waals surface area contributed by atoms with Crippen LogP contribution >= 0.6 is 0 Å². The molecule has 4 aliphatic rings. The number of aliphatic carboxylic acids is 2. The zero-order valence-corrected chi connectivity index (χ0v) is 36.3. The lowest BCUT2D eigenvalue weighted by molar-refractivity contribution is -0.139. The van der Waals surface area contributed by atoms with E-state index in [0.29, 0.717) is 61.9 Å². The summed E-state index contributed by atoms with van der Waals surface area (Å²) in [6.07, 6.45) is 7.44. The van der Waals surface area contributed by atoms with Crippen molar-refractivity contribution in [1.29, 1.82) is 0 Å². The third kappa shape index (κ3) is 11.6. The summed E-state index contributed by atoms with van der Waals surface area (Å²) in [5.74, 6) is 0.0339. The fourth-order valence-electron chi connectivity index (χ4n) is 10.7. The standard InChI is InChI=1S/C52H61F3N2O6/c53-52(54,55)49-27-36(34-63-44-14-13-37-18-22-57(25-21-51(60)61)32-43(37)30-44)11-16-48(49)47-9-5-4-8-40(47)28-42-29-45(15-17-46(42)38-6-2-1-3-7-38)62-33-35-10-12-41-31-56(24-20-50(58)59)23-19-39(41)26-35/h10-17,26-27,29-30,38,40,47H,1-9,18-25,28,31-34H2,(H,58,59)(H,60,61). The molecule has 2 saturated carbocycles. The molecular formula is C52H61F3N2O6. The Labute approximate surface area is 369 Å². The molecule has 11 heteroatoms. The molecule has 0 aromatic heterocycles. The van der Waals surface area contributed by atoms with Gasteiger partial charge in [0.1, 0.15) is 24.7 Å². The van der Waals surface area contributed by atoms with Crippen molar-refractivity contribution in [2.75, 3.05) is 26.2 Å². The van der Waals surface area contributed by atoms with Gasteiger partial charge in [0.05, 0.1) is 18.4 Å². The van der Waals surface area contributed by atoms with Crippen molar-refractivity contribution in [2.45, 2.75) is 134 Å². The number of benzene rings is 4. The summed E-state index contributed by atoms with van der Waals surface area (Å²) in [7, 11) is 0. The van der Waals surface area contributed by atoms with E-state index in [0.717, 1.165) is 81.5 Å². The quantitative estimate of drug-likeness (QED) is 0.115. The molecule has 8 nitrogen and oxygen atoms in total. The van der Waals surface area contributed by atoms with Crippen molar-refractivity contribution in [3.63, 3.8) is 0 Å². The van der Waals surface area contributed by atoms with E-state index in [-0.39, 0.29) is 31.3 Å². The van der Waals surface area contributed by atoms with Crippen molar-refractivity contribution in [1.82, 2.24) is 9.80 Å². The third-order valence-electron chi connectivity index (χ3n) is 14.1. The first kappa shape index (κ1) is 44.7. The van der Waals surface area contributed by atoms with Gasteiger partial charge in [-0.15, -0.1) is 0 Å². The Hall–Kier alpha value is -4.87. The van der Waals surface area contributed by atoms with E-state index in [1.807, 2.05) is 18.2 Å². The van der Waals surface area contributed by atoms with Crippen LogP contribution in [0, 0.1) is 5.92 Å². The second kappa shape index (κ2) is 20.3. The summed E-state index contributed by atoms with van der Waals surface area (Å²) in [5.41, 5.74) is 8.64. The van der Waals surface area contributed by atoms with Gasteiger partial charge in [-0.2, -0.15) is 13.2 Å². The van der Waals surface area contributed by atoms with Gasteiger partial charge < -0.3 is 19.7 Å². The molecule has 4 aromatic rings. The predicted octanol–water partition coefficient (Wildman–Crippen LogP) is 11.1. The highest BCUT2D eigenvalue weighted by Crippen LogP contribution is 2.46. The summed E-state index contributed by atoms with van der Waals surface area (Å²) in [5, 5.41) is 18.2. The monoisotopic (exact) mass is 866 g/mol. The number of nitrogens with zero attached hydrogens (tertiary/aromatic N) is 2. The molecule has 63 heavy (non-hydrogen) atoms. The van der Waals surface area contributed by atoms with Crippen LogP contribution in [0.4, 0.5) is 13.2 Å². The zero-order chi connectivity index (χ0) is 43.9. The minimum Gasteiger partial charge on any atom is -0.489 e. The fourth-order valence-corrected chi connectivity index (χ4v) is 10.7. The molecule has 0 saturated heterocycles. The zero-order valence-electron chi connectivity index (χ0n) is 36.3. The van der Waals surface area contributed by atoms with Crippen LogP contribution < -0.4 is 9.47 Å². The average Bonchev–Trinajstić information content (AvgIpc) is 3.28. The van der Waals surface area contributed by atoms with Crippen LogP contribution in [0.3, 0.4) is 0 Å². The van der Waals surface area contributed by atoms with Gasteiger partial charge in [-0.1, -0.05) is 74.6 Å². The minimum absolute atomic E-state index is 0.00910. The molecule has 2 heterocycles. The highest BCUT2D eigenvalue weighted by Gasteiger charge is 2.38. The van der Waals surface area contributed by atoms with Gasteiger partial charge in [0, 0.05) is 39.3 Å². The summed E-state index contributed by atoms with van der Waals surface area (Å²) < 4.78 is 57.8. The van der Waals surface area contributed by atoms with Crippen molar-refractivity contribution in [3.05, 3.63) is 128 Å². The molecule has 0 bridgehead atoms. The molecular weight excluding hydrogens is 806 g/mol. The molecule has 2 aliphatic heterocycles. The summed E-state index contributed by atoms with van der Waals surface area (Å²) in [4.78, 5) is 26.5. The van der Waals surface area contributed by atoms with Crippen LogP contribution in [-0.2, 0) is 61.3 Å². The van der Waals surface area contributed by atoms with E-state index in [9.17, 15) is 9.59 Å². The van der Waals surface area contributed by atoms with Crippen LogP contribution in [0.5, 0.6) is 11.5 Å². The maximum absolute atomic E-state index is 15.1. The van der Waals surface area contributed by atoms with E-state index >= 15 is 13.2 Å². The average molecular weight is 867 g/mol. The lowest BCUT2D eigenvalue weighted by atomic mass is 9.70. The molecule has 2 atom stereocenters. The van der Waals surface area contributed by atoms with Gasteiger partial charge in [-0.3, -0.25) is 19.4 Å². The number of fused-ring (bicyclic) bond motifs is 2. The van der Waals surface area contributed by atoms with Gasteiger partial charge in [0.2, 0.25) is 0 Å². The molecule has 0 amide bonds. The van der Waals surface area contributed by atoms with Crippen LogP contribution in [0.2, 0.25) is 0 Å². The van der Waals surface area contributed by atoms with Crippen molar-refractivity contribution >= 4 is 11.9 Å². The van der Waals surface area contributed by atoms with Crippen molar-refractivity contribution in [2.24, 2.45) is 5.92 Å². The van der Waals surface area contributed by atoms with E-state index in [2.05, 4.69) is 46.2 Å². The Morgan fingerprint density at radius 2 is 1.21 bits per heavy atom. The van der Waals surface area contributed by atoms with Gasteiger partial charge in [0.15, 0.2) is 0 Å². The molecule has 2 N–H and O–H groups in total. The number of carboxylic acids is 2. The van der Waals surface area contributed by atoms with Gasteiger partial charge in [-0.25, -0.2) is 0 Å². The number of rotatable bonds is 16. The number of alkyl halides is 3. The summed E-state index contributed by atoms with van der Waals surface area (Å²) >= 11 is 0. The predicted molar refractivity (Wildman–Crippen MR) is 236 cm³/mol. The molecule has 2 unspecified atom stereocenters. The molecule has 8 rings (SSSR count). The first-order valence-electron chi connectivity index (χ1n) is 23.1. The highest BCUT2D eigenvalue weighted by atomic mass is 19.4. The fraction of sp³-hybridized carbons (Fsp3) is 0.500. The van der Waals surface area contributed by atoms with Crippen LogP contribution in [0.25, 0.3) is 0 Å². The van der Waals surface area contributed by atoms with Crippen molar-refractivity contribution in [3.8, 4) is 11.5 Å². The second-order valence-electron chi connectivity index (χ2n) is 18.4. The summed E-state index contributed by atoms with van der Waals surface area (Å²) in [6, 6.07) is 23.5. The highest BCUT2D eigenvalue weighted by molar-refractivity contribution is 5.67. The van der Waals surface area contributed by atoms with E-state index in [1.54, 1.807) is 12.1 Å². The van der Waals surface area contributed by atoms with Crippen molar-refractivity contribution < 1.29 is 42.4 Å². The van der Waals surface area contributed by atoms with E-state index in [1.165, 1.54) is 53.1 Å². The number of hydrogen-bond acceptors (Lipinski definition) is 6. The second-order valence-corrected chi connectivity index (χ2v) is 18.4. The molecule has 4 aromatic carbocycles. The Bertz CT molecular complexity index is 2240. The van der Waals surface area contributed by atoms with Gasteiger partial charge >= 0.3 is 18.1 Å². The molecule has 336 valence electrons. The largest absolute Gasteiger partial charge is 0.489 e. The molecule has 0 spiro atoms. The number of halogens is 3. The number of carboxylic acid groups (broad SMARTS) is 2. The molecule has 2 fully saturated rings. The number of hydrogen-bond donors (Lipinski definition) is 2. The number of carbonyl (C=O) groups is 2. The Morgan fingerprint density at radius 1 is 0.619 bits per heavy atom. The maximum Gasteiger partial charge on any atom is 0.416 e. The summed E-state index contributed by atoms with van der Waals surface area (Å²) in [6.45, 7) is 4.41. The van der Waals surface area contributed by atoms with Crippen LogP contribution in [0.15, 0.2) is 72.8 Å². The lowest BCUT2D eigenvalue weighted by Crippen LogP contribution is -2.32. The first-order chi connectivity index (χ1) is 30.4. The lowest BCUT2D eigenvalue weighted by Gasteiger charge is -2.35. The topological polar surface area (TPSA) is 99.5 Å². The Kier molecular flexibility index (Phi) is 14.4. The third-order valence-corrected chi connectivity index (χ3v) is 14.1. The molecule has 0 radical (unpaired) electrons. The van der Waals surface area contributed by atoms with Gasteiger partial charge in [-0.05, 0) is 143 Å². The normalized spacial score (nSPS) is 19.9. The number of ether oxygens (including phenoxy) is 2. The Morgan fingerprint density at radius 3 is 1.92 bits per heavy atom. The molecule has 2 aliphatic carbocycles. The minimum atomic E-state index is -4.52. The Balaban J connectivity index is 0.975. The van der Waals surface area contributed by atoms with E-state index < -0.39 is 23.7 Å². The first-order valence-corrected chi connectivity index (χ1v) is 23.1. The smallest absolute Gasteiger partial charge is 0.416 e. The van der Waals surface area contributed by atoms with E-state index in [4.69, 9.17) is 19.7 Å².